The van der Waals surface area contributed by atoms with Crippen LogP contribution in [0.5, 0.6) is 0 Å². The van der Waals surface area contributed by atoms with Crippen LogP contribution in [0.3, 0.4) is 0 Å². The molecule has 1 heterocycles. The monoisotopic (exact) mass is 402 g/mol. The Hall–Kier alpha value is -1.87. The molecule has 0 saturated heterocycles. The zero-order valence-corrected chi connectivity index (χ0v) is 15.6. The van der Waals surface area contributed by atoms with E-state index in [1.807, 2.05) is 25.1 Å². The summed E-state index contributed by atoms with van der Waals surface area (Å²) in [5, 5.41) is 13.6. The van der Waals surface area contributed by atoms with Gasteiger partial charge in [0.1, 0.15) is 5.75 Å². The molecule has 5 nitrogen and oxygen atoms in total. The Morgan fingerprint density at radius 2 is 1.96 bits per heavy atom. The number of nitrogens with zero attached hydrogens (tertiary/aromatic N) is 2. The first kappa shape index (κ1) is 19.9. The maximum absolute atomic E-state index is 12.4. The van der Waals surface area contributed by atoms with Gasteiger partial charge in [-0.25, -0.2) is 8.42 Å². The Morgan fingerprint density at radius 1 is 1.26 bits per heavy atom. The summed E-state index contributed by atoms with van der Waals surface area (Å²) in [4.78, 5) is 0. The fraction of sp³-hybridized carbons (Fsp3) is 0.500. The van der Waals surface area contributed by atoms with E-state index in [2.05, 4.69) is 5.10 Å². The summed E-state index contributed by atoms with van der Waals surface area (Å²) in [5.74, 6) is -2.53. The Balaban J connectivity index is 1.67. The lowest BCUT2D eigenvalue weighted by molar-refractivity contribution is -0.106. The predicted octanol–water partition coefficient (Wildman–Crippen LogP) is 2.42. The molecule has 2 aromatic rings. The summed E-state index contributed by atoms with van der Waals surface area (Å²) < 4.78 is 62.5. The predicted molar refractivity (Wildman–Crippen MR) is 94.0 cm³/mol. The fourth-order valence-corrected chi connectivity index (χ4v) is 5.20. The number of hydrogen-bond acceptors (Lipinski definition) is 4. The summed E-state index contributed by atoms with van der Waals surface area (Å²) in [6.45, 7) is 2.24. The zero-order chi connectivity index (χ0) is 19.8. The van der Waals surface area contributed by atoms with Crippen molar-refractivity contribution in [1.82, 2.24) is 9.78 Å². The highest BCUT2D eigenvalue weighted by atomic mass is 32.2. The van der Waals surface area contributed by atoms with Crippen LogP contribution in [-0.2, 0) is 35.8 Å². The highest BCUT2D eigenvalue weighted by molar-refractivity contribution is 7.91. The van der Waals surface area contributed by atoms with Crippen LogP contribution in [0, 0.1) is 12.8 Å². The van der Waals surface area contributed by atoms with E-state index in [4.69, 9.17) is 0 Å². The lowest BCUT2D eigenvalue weighted by Crippen LogP contribution is -2.28. The third-order valence-electron chi connectivity index (χ3n) is 4.72. The van der Waals surface area contributed by atoms with Crippen LogP contribution in [0.2, 0.25) is 0 Å². The molecule has 0 fully saturated rings. The first-order valence-electron chi connectivity index (χ1n) is 8.56. The topological polar surface area (TPSA) is 72.2 Å². The fourth-order valence-electron chi connectivity index (χ4n) is 3.63. The molecular weight excluding hydrogens is 381 g/mol. The molecular formula is C18H21F3N2O3S. The number of fused-ring (bicyclic) bond motifs is 1. The average molecular weight is 402 g/mol. The van der Waals surface area contributed by atoms with E-state index in [0.29, 0.717) is 19.4 Å². The lowest BCUT2D eigenvalue weighted by atomic mass is 10.1. The van der Waals surface area contributed by atoms with Crippen molar-refractivity contribution in [3.63, 3.8) is 0 Å². The van der Waals surface area contributed by atoms with E-state index in [9.17, 15) is 26.7 Å². The summed E-state index contributed by atoms with van der Waals surface area (Å²) in [6.07, 6.45) is -2.00. The van der Waals surface area contributed by atoms with E-state index in [1.54, 1.807) is 10.9 Å². The van der Waals surface area contributed by atoms with Crippen LogP contribution in [0.25, 0.3) is 0 Å². The summed E-state index contributed by atoms with van der Waals surface area (Å²) in [5.41, 5.74) is 4.45. The number of aliphatic hydroxyl groups is 1. The molecule has 27 heavy (non-hydrogen) atoms. The van der Waals surface area contributed by atoms with Gasteiger partial charge in [-0.2, -0.15) is 18.3 Å². The van der Waals surface area contributed by atoms with Gasteiger partial charge >= 0.3 is 6.18 Å². The third kappa shape index (κ3) is 5.10. The molecule has 9 heteroatoms. The van der Waals surface area contributed by atoms with Crippen LogP contribution in [-0.4, -0.2) is 41.0 Å². The zero-order valence-electron chi connectivity index (χ0n) is 14.8. The quantitative estimate of drug-likeness (QED) is 0.806. The van der Waals surface area contributed by atoms with Crippen molar-refractivity contribution in [3.05, 3.63) is 52.3 Å². The molecule has 0 radical (unpaired) electrons. The normalized spacial score (nSPS) is 17.3. The van der Waals surface area contributed by atoms with E-state index in [1.165, 1.54) is 0 Å². The van der Waals surface area contributed by atoms with E-state index in [0.717, 1.165) is 27.9 Å². The van der Waals surface area contributed by atoms with Gasteiger partial charge in [0.2, 0.25) is 0 Å². The highest BCUT2D eigenvalue weighted by Gasteiger charge is 2.37. The molecule has 1 aliphatic rings. The van der Waals surface area contributed by atoms with Crippen molar-refractivity contribution in [2.75, 3.05) is 11.5 Å². The minimum Gasteiger partial charge on any atom is -0.392 e. The summed E-state index contributed by atoms with van der Waals surface area (Å²) in [7, 11) is -4.17. The molecule has 0 amide bonds. The highest BCUT2D eigenvalue weighted by Crippen LogP contribution is 2.30. The number of rotatable bonds is 6. The standard InChI is InChI=1S/C18H21F3N2O3S/c1-12-17(9-24)8-23(22-12)7-13-2-3-15-5-14(6-16(15)4-13)10-27(25,26)11-18(19,20)21/h2-4,8,14,24H,5-7,9-11H2,1H3/t14-/m0/s1. The van der Waals surface area contributed by atoms with Gasteiger partial charge in [-0.15, -0.1) is 0 Å². The van der Waals surface area contributed by atoms with E-state index < -0.39 is 27.5 Å². The number of hydrogen-bond donors (Lipinski definition) is 1. The van der Waals surface area contributed by atoms with E-state index >= 15 is 0 Å². The number of aromatic nitrogens is 2. The van der Waals surface area contributed by atoms with Crippen molar-refractivity contribution in [1.29, 1.82) is 0 Å². The Morgan fingerprint density at radius 3 is 2.59 bits per heavy atom. The number of aryl methyl sites for hydroxylation is 1. The number of benzene rings is 1. The largest absolute Gasteiger partial charge is 0.402 e. The van der Waals surface area contributed by atoms with Crippen molar-refractivity contribution in [3.8, 4) is 0 Å². The molecule has 0 bridgehead atoms. The molecule has 3 rings (SSSR count). The molecule has 0 unspecified atom stereocenters. The van der Waals surface area contributed by atoms with Crippen molar-refractivity contribution in [2.45, 2.75) is 39.1 Å². The van der Waals surface area contributed by atoms with Gasteiger partial charge in [0.25, 0.3) is 0 Å². The van der Waals surface area contributed by atoms with Gasteiger partial charge in [0.05, 0.1) is 24.6 Å². The Bertz CT molecular complexity index is 936. The maximum atomic E-state index is 12.4. The van der Waals surface area contributed by atoms with Gasteiger partial charge in [-0.05, 0) is 42.4 Å². The van der Waals surface area contributed by atoms with Gasteiger partial charge < -0.3 is 5.11 Å². The smallest absolute Gasteiger partial charge is 0.392 e. The second-order valence-corrected chi connectivity index (χ2v) is 9.25. The Labute approximate surface area is 155 Å². The van der Waals surface area contributed by atoms with E-state index in [-0.39, 0.29) is 12.5 Å². The van der Waals surface area contributed by atoms with Crippen LogP contribution < -0.4 is 0 Å². The second-order valence-electron chi connectivity index (χ2n) is 7.14. The van der Waals surface area contributed by atoms with Gasteiger partial charge in [-0.3, -0.25) is 4.68 Å². The van der Waals surface area contributed by atoms with Crippen LogP contribution in [0.1, 0.15) is 27.9 Å². The number of aliphatic hydroxyl groups excluding tert-OH is 1. The molecule has 1 aliphatic carbocycles. The molecule has 0 aliphatic heterocycles. The van der Waals surface area contributed by atoms with Crippen LogP contribution in [0.4, 0.5) is 13.2 Å². The van der Waals surface area contributed by atoms with Gasteiger partial charge in [0.15, 0.2) is 9.84 Å². The second kappa shape index (κ2) is 7.27. The van der Waals surface area contributed by atoms with Gasteiger partial charge in [-0.1, -0.05) is 18.2 Å². The number of sulfone groups is 1. The molecule has 1 atom stereocenters. The van der Waals surface area contributed by atoms with Crippen molar-refractivity contribution >= 4 is 9.84 Å². The first-order chi connectivity index (χ1) is 12.5. The van der Waals surface area contributed by atoms with Crippen LogP contribution >= 0.6 is 0 Å². The molecule has 1 aromatic carbocycles. The number of halogens is 3. The molecule has 0 spiro atoms. The third-order valence-corrected chi connectivity index (χ3v) is 6.47. The minimum atomic E-state index is -4.70. The SMILES string of the molecule is Cc1nn(Cc2ccc3c(c2)C[C@@H](CS(=O)(=O)CC(F)(F)F)C3)cc1CO. The average Bonchev–Trinajstić information content (AvgIpc) is 3.05. The number of alkyl halides is 3. The summed E-state index contributed by atoms with van der Waals surface area (Å²) >= 11 is 0. The molecule has 0 saturated carbocycles. The van der Waals surface area contributed by atoms with Crippen molar-refractivity contribution < 1.29 is 26.7 Å². The molecule has 1 aromatic heterocycles. The van der Waals surface area contributed by atoms with Crippen LogP contribution in [0.15, 0.2) is 24.4 Å². The Kier molecular flexibility index (Phi) is 5.36. The molecule has 1 N–H and O–H groups in total. The minimum absolute atomic E-state index is 0.0793. The maximum Gasteiger partial charge on any atom is 0.402 e. The summed E-state index contributed by atoms with van der Waals surface area (Å²) in [6, 6.07) is 5.78. The molecule has 148 valence electrons. The van der Waals surface area contributed by atoms with Gasteiger partial charge in [0, 0.05) is 11.8 Å². The van der Waals surface area contributed by atoms with Crippen molar-refractivity contribution in [2.24, 2.45) is 5.92 Å². The lowest BCUT2D eigenvalue weighted by Gasteiger charge is -2.11. The first-order valence-corrected chi connectivity index (χ1v) is 10.4.